The van der Waals surface area contributed by atoms with Crippen molar-refractivity contribution in [3.05, 3.63) is 29.8 Å². The maximum Gasteiger partial charge on any atom is 0.239 e. The van der Waals surface area contributed by atoms with Crippen LogP contribution in [-0.4, -0.2) is 36.3 Å². The first-order valence-electron chi connectivity index (χ1n) is 6.04. The second kappa shape index (κ2) is 5.53. The van der Waals surface area contributed by atoms with E-state index in [0.29, 0.717) is 31.6 Å². The van der Waals surface area contributed by atoms with E-state index >= 15 is 0 Å². The Balaban J connectivity index is 1.86. The maximum atomic E-state index is 11.9. The molecule has 18 heavy (non-hydrogen) atoms. The number of rotatable bonds is 3. The van der Waals surface area contributed by atoms with Gasteiger partial charge in [-0.1, -0.05) is 12.1 Å². The van der Waals surface area contributed by atoms with Gasteiger partial charge in [-0.2, -0.15) is 0 Å². The van der Waals surface area contributed by atoms with Crippen LogP contribution < -0.4 is 11.1 Å². The fraction of sp³-hybridized carbons (Fsp3) is 0.385. The highest BCUT2D eigenvalue weighted by molar-refractivity contribution is 5.86. The van der Waals surface area contributed by atoms with Crippen LogP contribution in [0.1, 0.15) is 12.0 Å². The molecule has 0 atom stereocenters. The molecule has 0 unspecified atom stereocenters. The van der Waals surface area contributed by atoms with Gasteiger partial charge in [0.1, 0.15) is 0 Å². The monoisotopic (exact) mass is 247 g/mol. The van der Waals surface area contributed by atoms with Crippen molar-refractivity contribution >= 4 is 17.5 Å². The highest BCUT2D eigenvalue weighted by Crippen LogP contribution is 2.10. The molecule has 0 bridgehead atoms. The summed E-state index contributed by atoms with van der Waals surface area (Å²) in [5, 5.41) is 2.70. The smallest absolute Gasteiger partial charge is 0.239 e. The molecular formula is C13H17N3O2. The van der Waals surface area contributed by atoms with E-state index in [1.165, 1.54) is 0 Å². The van der Waals surface area contributed by atoms with Gasteiger partial charge in [0.25, 0.3) is 0 Å². The molecule has 1 fully saturated rings. The lowest BCUT2D eigenvalue weighted by atomic mass is 10.1. The van der Waals surface area contributed by atoms with Gasteiger partial charge in [-0.15, -0.1) is 0 Å². The fourth-order valence-corrected chi connectivity index (χ4v) is 2.01. The van der Waals surface area contributed by atoms with Gasteiger partial charge >= 0.3 is 0 Å². The number of nitrogens with one attached hydrogen (secondary N) is 1. The topological polar surface area (TPSA) is 75.4 Å². The zero-order chi connectivity index (χ0) is 13.0. The summed E-state index contributed by atoms with van der Waals surface area (Å²) in [5.41, 5.74) is 7.43. The molecule has 1 aromatic rings. The van der Waals surface area contributed by atoms with Crippen molar-refractivity contribution in [1.29, 1.82) is 0 Å². The lowest BCUT2D eigenvalue weighted by molar-refractivity contribution is -0.138. The minimum Gasteiger partial charge on any atom is -0.399 e. The average molecular weight is 247 g/mol. The Bertz CT molecular complexity index is 459. The summed E-state index contributed by atoms with van der Waals surface area (Å²) in [6, 6.07) is 7.52. The van der Waals surface area contributed by atoms with Crippen molar-refractivity contribution < 1.29 is 9.59 Å². The molecule has 3 N–H and O–H groups in total. The van der Waals surface area contributed by atoms with Crippen LogP contribution in [0, 0.1) is 0 Å². The summed E-state index contributed by atoms with van der Waals surface area (Å²) >= 11 is 0. The maximum absolute atomic E-state index is 11.9. The van der Waals surface area contributed by atoms with Crippen LogP contribution in [0.4, 0.5) is 5.69 Å². The Morgan fingerprint density at radius 3 is 3.00 bits per heavy atom. The Hall–Kier alpha value is -2.04. The van der Waals surface area contributed by atoms with Crippen molar-refractivity contribution in [2.75, 3.05) is 25.4 Å². The van der Waals surface area contributed by atoms with Crippen LogP contribution >= 0.6 is 0 Å². The third-order valence-electron chi connectivity index (χ3n) is 2.97. The number of nitrogens with zero attached hydrogens (tertiary/aromatic N) is 1. The predicted octanol–water partition coefficient (Wildman–Crippen LogP) is 0.160. The minimum absolute atomic E-state index is 0.0206. The quantitative estimate of drug-likeness (QED) is 0.747. The van der Waals surface area contributed by atoms with Crippen molar-refractivity contribution in [3.63, 3.8) is 0 Å². The Morgan fingerprint density at radius 1 is 1.44 bits per heavy atom. The van der Waals surface area contributed by atoms with Crippen molar-refractivity contribution in [2.24, 2.45) is 0 Å². The molecule has 1 saturated heterocycles. The zero-order valence-electron chi connectivity index (χ0n) is 10.2. The number of carbonyl (C=O) groups is 2. The molecular weight excluding hydrogens is 230 g/mol. The Kier molecular flexibility index (Phi) is 3.82. The number of amides is 2. The van der Waals surface area contributed by atoms with Gasteiger partial charge in [-0.3, -0.25) is 9.59 Å². The summed E-state index contributed by atoms with van der Waals surface area (Å²) in [5.74, 6) is -0.0640. The highest BCUT2D eigenvalue weighted by Gasteiger charge is 2.20. The summed E-state index contributed by atoms with van der Waals surface area (Å²) in [7, 11) is 0. The van der Waals surface area contributed by atoms with E-state index in [9.17, 15) is 9.59 Å². The largest absolute Gasteiger partial charge is 0.399 e. The molecule has 0 spiro atoms. The molecule has 0 aliphatic carbocycles. The van der Waals surface area contributed by atoms with E-state index in [-0.39, 0.29) is 18.4 Å². The standard InChI is InChI=1S/C13H17N3O2/c14-11-3-1-2-10(8-11)4-5-13(18)16-7-6-15-12(17)9-16/h1-3,8H,4-7,9,14H2,(H,15,17). The SMILES string of the molecule is Nc1cccc(CCC(=O)N2CCNC(=O)C2)c1. The highest BCUT2D eigenvalue weighted by atomic mass is 16.2. The zero-order valence-corrected chi connectivity index (χ0v) is 10.2. The van der Waals surface area contributed by atoms with E-state index in [1.54, 1.807) is 4.90 Å². The Morgan fingerprint density at radius 2 is 2.28 bits per heavy atom. The van der Waals surface area contributed by atoms with Gasteiger partial charge in [0.15, 0.2) is 0 Å². The molecule has 2 amide bonds. The number of aryl methyl sites for hydroxylation is 1. The number of hydrogen-bond donors (Lipinski definition) is 2. The number of hydrogen-bond acceptors (Lipinski definition) is 3. The van der Waals surface area contributed by atoms with Crippen LogP contribution in [-0.2, 0) is 16.0 Å². The second-order valence-electron chi connectivity index (χ2n) is 4.41. The molecule has 1 heterocycles. The van der Waals surface area contributed by atoms with Crippen molar-refractivity contribution in [1.82, 2.24) is 10.2 Å². The molecule has 5 heteroatoms. The molecule has 1 aliphatic heterocycles. The Labute approximate surface area is 106 Å². The van der Waals surface area contributed by atoms with Gasteiger partial charge < -0.3 is 16.0 Å². The summed E-state index contributed by atoms with van der Waals surface area (Å²) in [6.45, 7) is 1.32. The number of carbonyl (C=O) groups excluding carboxylic acids is 2. The minimum atomic E-state index is -0.0847. The van der Waals surface area contributed by atoms with Crippen LogP contribution in [0.15, 0.2) is 24.3 Å². The van der Waals surface area contributed by atoms with Crippen LogP contribution in [0.5, 0.6) is 0 Å². The third kappa shape index (κ3) is 3.23. The lowest BCUT2D eigenvalue weighted by Crippen LogP contribution is -2.50. The third-order valence-corrected chi connectivity index (χ3v) is 2.97. The van der Waals surface area contributed by atoms with Crippen LogP contribution in [0.3, 0.4) is 0 Å². The van der Waals surface area contributed by atoms with E-state index < -0.39 is 0 Å². The molecule has 0 saturated carbocycles. The first-order chi connectivity index (χ1) is 8.65. The number of nitrogens with two attached hydrogens (primary N) is 1. The van der Waals surface area contributed by atoms with E-state index in [2.05, 4.69) is 5.32 Å². The predicted molar refractivity (Wildman–Crippen MR) is 68.8 cm³/mol. The van der Waals surface area contributed by atoms with Gasteiger partial charge in [0.05, 0.1) is 6.54 Å². The second-order valence-corrected chi connectivity index (χ2v) is 4.41. The summed E-state index contributed by atoms with van der Waals surface area (Å²) in [6.07, 6.45) is 1.07. The van der Waals surface area contributed by atoms with Gasteiger partial charge in [0.2, 0.25) is 11.8 Å². The molecule has 1 aliphatic rings. The number of piperazine rings is 1. The van der Waals surface area contributed by atoms with E-state index in [4.69, 9.17) is 5.73 Å². The normalized spacial score (nSPS) is 15.3. The molecule has 96 valence electrons. The molecule has 2 rings (SSSR count). The van der Waals surface area contributed by atoms with Gasteiger partial charge in [-0.25, -0.2) is 0 Å². The first kappa shape index (κ1) is 12.4. The van der Waals surface area contributed by atoms with Crippen molar-refractivity contribution in [2.45, 2.75) is 12.8 Å². The summed E-state index contributed by atoms with van der Waals surface area (Å²) < 4.78 is 0. The number of nitrogen functional groups attached to an aromatic ring is 1. The number of benzene rings is 1. The molecule has 0 radical (unpaired) electrons. The van der Waals surface area contributed by atoms with Crippen LogP contribution in [0.25, 0.3) is 0 Å². The van der Waals surface area contributed by atoms with Crippen molar-refractivity contribution in [3.8, 4) is 0 Å². The molecule has 0 aromatic heterocycles. The average Bonchev–Trinajstić information content (AvgIpc) is 2.36. The summed E-state index contributed by atoms with van der Waals surface area (Å²) in [4.78, 5) is 24.7. The first-order valence-corrected chi connectivity index (χ1v) is 6.04. The fourth-order valence-electron chi connectivity index (χ4n) is 2.01. The van der Waals surface area contributed by atoms with Gasteiger partial charge in [0, 0.05) is 25.2 Å². The lowest BCUT2D eigenvalue weighted by Gasteiger charge is -2.26. The number of anilines is 1. The molecule has 5 nitrogen and oxygen atoms in total. The van der Waals surface area contributed by atoms with E-state index in [0.717, 1.165) is 5.56 Å². The molecule has 1 aromatic carbocycles. The van der Waals surface area contributed by atoms with Gasteiger partial charge in [-0.05, 0) is 24.1 Å². The van der Waals surface area contributed by atoms with E-state index in [1.807, 2.05) is 24.3 Å². The van der Waals surface area contributed by atoms with Crippen LogP contribution in [0.2, 0.25) is 0 Å².